The Kier molecular flexibility index (Phi) is 2.78. The number of carbonyl (C=O) groups is 1. The van der Waals surface area contributed by atoms with Crippen LogP contribution in [-0.4, -0.2) is 11.1 Å². The van der Waals surface area contributed by atoms with Crippen molar-refractivity contribution in [2.75, 3.05) is 0 Å². The van der Waals surface area contributed by atoms with Gasteiger partial charge in [0.25, 0.3) is 0 Å². The number of hydrogen-bond acceptors (Lipinski definition) is 3. The lowest BCUT2D eigenvalue weighted by Gasteiger charge is -2.04. The number of rotatable bonds is 2. The molecule has 0 aliphatic heterocycles. The number of halogens is 3. The summed E-state index contributed by atoms with van der Waals surface area (Å²) in [5, 5.41) is 8.84. The summed E-state index contributed by atoms with van der Waals surface area (Å²) in [6.45, 7) is 0. The normalized spacial score (nSPS) is 13.8. The van der Waals surface area contributed by atoms with E-state index in [9.17, 15) is 18.0 Å². The first-order valence-electron chi connectivity index (χ1n) is 4.88. The topological polar surface area (TPSA) is 76.5 Å². The molecule has 4 nitrogen and oxygen atoms in total. The SMILES string of the molecule is NC(C(=O)O)c1cc2cc(C(F)(F)F)ccc2o1. The van der Waals surface area contributed by atoms with E-state index >= 15 is 0 Å². The van der Waals surface area contributed by atoms with Gasteiger partial charge >= 0.3 is 12.1 Å². The van der Waals surface area contributed by atoms with E-state index < -0.39 is 23.8 Å². The Hall–Kier alpha value is -2.02. The van der Waals surface area contributed by atoms with E-state index in [2.05, 4.69) is 0 Å². The quantitative estimate of drug-likeness (QED) is 0.868. The van der Waals surface area contributed by atoms with Gasteiger partial charge in [-0.15, -0.1) is 0 Å². The number of carboxylic acid groups (broad SMARTS) is 1. The molecule has 96 valence electrons. The molecule has 1 aromatic carbocycles. The molecule has 1 heterocycles. The van der Waals surface area contributed by atoms with Crippen LogP contribution in [-0.2, 0) is 11.0 Å². The van der Waals surface area contributed by atoms with Crippen molar-refractivity contribution in [3.63, 3.8) is 0 Å². The maximum Gasteiger partial charge on any atom is 0.416 e. The Morgan fingerprint density at radius 2 is 2.00 bits per heavy atom. The lowest BCUT2D eigenvalue weighted by Crippen LogP contribution is -2.19. The van der Waals surface area contributed by atoms with E-state index in [1.165, 1.54) is 6.07 Å². The van der Waals surface area contributed by atoms with Gasteiger partial charge in [0.2, 0.25) is 0 Å². The van der Waals surface area contributed by atoms with Crippen molar-refractivity contribution >= 4 is 16.9 Å². The standard InChI is InChI=1S/C11H8F3NO3/c12-11(13,14)6-1-2-7-5(3-6)4-8(18-7)9(15)10(16)17/h1-4,9H,15H2,(H,16,17). The second-order valence-electron chi connectivity index (χ2n) is 3.72. The highest BCUT2D eigenvalue weighted by molar-refractivity contribution is 5.82. The highest BCUT2D eigenvalue weighted by Crippen LogP contribution is 2.33. The number of carboxylic acids is 1. The molecule has 0 radical (unpaired) electrons. The predicted molar refractivity (Wildman–Crippen MR) is 55.8 cm³/mol. The molecule has 1 unspecified atom stereocenters. The summed E-state index contributed by atoms with van der Waals surface area (Å²) < 4.78 is 42.5. The average molecular weight is 259 g/mol. The smallest absolute Gasteiger partial charge is 0.416 e. The van der Waals surface area contributed by atoms with Crippen LogP contribution in [0.25, 0.3) is 11.0 Å². The average Bonchev–Trinajstić information content (AvgIpc) is 2.68. The first-order valence-corrected chi connectivity index (χ1v) is 4.88. The first kappa shape index (κ1) is 12.4. The third-order valence-electron chi connectivity index (χ3n) is 2.44. The Morgan fingerprint density at radius 1 is 1.33 bits per heavy atom. The minimum Gasteiger partial charge on any atom is -0.480 e. The van der Waals surface area contributed by atoms with Crippen LogP contribution in [0.15, 0.2) is 28.7 Å². The van der Waals surface area contributed by atoms with Crippen molar-refractivity contribution < 1.29 is 27.5 Å². The van der Waals surface area contributed by atoms with Gasteiger partial charge in [-0.3, -0.25) is 4.79 Å². The lowest BCUT2D eigenvalue weighted by molar-refractivity contribution is -0.139. The van der Waals surface area contributed by atoms with Crippen LogP contribution in [0.5, 0.6) is 0 Å². The molecule has 0 saturated heterocycles. The zero-order valence-electron chi connectivity index (χ0n) is 8.86. The molecule has 1 aromatic heterocycles. The summed E-state index contributed by atoms with van der Waals surface area (Å²) in [6.07, 6.45) is -4.46. The van der Waals surface area contributed by atoms with Crippen molar-refractivity contribution in [1.82, 2.24) is 0 Å². The fraction of sp³-hybridized carbons (Fsp3) is 0.182. The molecule has 0 aliphatic rings. The van der Waals surface area contributed by atoms with Crippen molar-refractivity contribution in [1.29, 1.82) is 0 Å². The van der Waals surface area contributed by atoms with Crippen molar-refractivity contribution in [2.45, 2.75) is 12.2 Å². The van der Waals surface area contributed by atoms with E-state index in [4.69, 9.17) is 15.3 Å². The van der Waals surface area contributed by atoms with Crippen LogP contribution in [0.3, 0.4) is 0 Å². The predicted octanol–water partition coefficient (Wildman–Crippen LogP) is 2.54. The van der Waals surface area contributed by atoms with Gasteiger partial charge in [0, 0.05) is 5.39 Å². The number of aliphatic carboxylic acids is 1. The van der Waals surface area contributed by atoms with E-state index in [1.807, 2.05) is 0 Å². The number of nitrogens with two attached hydrogens (primary N) is 1. The maximum absolute atomic E-state index is 12.5. The van der Waals surface area contributed by atoms with Gasteiger partial charge in [0.1, 0.15) is 11.3 Å². The zero-order chi connectivity index (χ0) is 13.5. The van der Waals surface area contributed by atoms with Crippen LogP contribution in [0.2, 0.25) is 0 Å². The zero-order valence-corrected chi connectivity index (χ0v) is 8.86. The minimum atomic E-state index is -4.46. The molecule has 18 heavy (non-hydrogen) atoms. The van der Waals surface area contributed by atoms with Crippen molar-refractivity contribution in [3.05, 3.63) is 35.6 Å². The summed E-state index contributed by atoms with van der Waals surface area (Å²) in [6, 6.07) is 2.69. The second kappa shape index (κ2) is 4.02. The fourth-order valence-corrected chi connectivity index (χ4v) is 1.52. The molecule has 0 bridgehead atoms. The molecule has 2 rings (SSSR count). The first-order chi connectivity index (χ1) is 8.29. The van der Waals surface area contributed by atoms with E-state index in [1.54, 1.807) is 0 Å². The van der Waals surface area contributed by atoms with Crippen LogP contribution in [0, 0.1) is 0 Å². The number of benzene rings is 1. The Bertz CT molecular complexity index is 603. The summed E-state index contributed by atoms with van der Waals surface area (Å²) in [4.78, 5) is 10.6. The highest BCUT2D eigenvalue weighted by atomic mass is 19.4. The number of hydrogen-bond donors (Lipinski definition) is 2. The molecular formula is C11H8F3NO3. The molecule has 7 heteroatoms. The monoisotopic (exact) mass is 259 g/mol. The summed E-state index contributed by atoms with van der Waals surface area (Å²) in [5.41, 5.74) is 4.64. The third kappa shape index (κ3) is 2.17. The van der Waals surface area contributed by atoms with Gasteiger partial charge in [-0.1, -0.05) is 0 Å². The van der Waals surface area contributed by atoms with E-state index in [0.29, 0.717) is 0 Å². The molecule has 0 saturated carbocycles. The number of furan rings is 1. The van der Waals surface area contributed by atoms with Crippen molar-refractivity contribution in [3.8, 4) is 0 Å². The van der Waals surface area contributed by atoms with Gasteiger partial charge in [0.15, 0.2) is 6.04 Å². The van der Waals surface area contributed by atoms with E-state index in [-0.39, 0.29) is 16.7 Å². The van der Waals surface area contributed by atoms with Gasteiger partial charge in [-0.2, -0.15) is 13.2 Å². The number of fused-ring (bicyclic) bond motifs is 1. The van der Waals surface area contributed by atoms with Gasteiger partial charge in [0.05, 0.1) is 5.56 Å². The second-order valence-corrected chi connectivity index (χ2v) is 3.72. The number of alkyl halides is 3. The van der Waals surface area contributed by atoms with Crippen LogP contribution < -0.4 is 5.73 Å². The van der Waals surface area contributed by atoms with Crippen LogP contribution >= 0.6 is 0 Å². The maximum atomic E-state index is 12.5. The fourth-order valence-electron chi connectivity index (χ4n) is 1.52. The molecule has 0 fully saturated rings. The van der Waals surface area contributed by atoms with Gasteiger partial charge < -0.3 is 15.3 Å². The van der Waals surface area contributed by atoms with Crippen LogP contribution in [0.1, 0.15) is 17.4 Å². The summed E-state index contributed by atoms with van der Waals surface area (Å²) >= 11 is 0. The lowest BCUT2D eigenvalue weighted by atomic mass is 10.1. The molecule has 3 N–H and O–H groups in total. The molecule has 0 amide bonds. The highest BCUT2D eigenvalue weighted by Gasteiger charge is 2.31. The Labute approximate surface area is 98.8 Å². The van der Waals surface area contributed by atoms with Gasteiger partial charge in [-0.05, 0) is 24.3 Å². The Balaban J connectivity index is 2.49. The largest absolute Gasteiger partial charge is 0.480 e. The summed E-state index contributed by atoms with van der Waals surface area (Å²) in [5.74, 6) is -1.40. The molecule has 1 atom stereocenters. The van der Waals surface area contributed by atoms with Gasteiger partial charge in [-0.25, -0.2) is 0 Å². The molecule has 0 aliphatic carbocycles. The molecule has 0 spiro atoms. The minimum absolute atomic E-state index is 0.0863. The third-order valence-corrected chi connectivity index (χ3v) is 2.44. The molecular weight excluding hydrogens is 251 g/mol. The van der Waals surface area contributed by atoms with Crippen molar-refractivity contribution in [2.24, 2.45) is 5.73 Å². The van der Waals surface area contributed by atoms with E-state index in [0.717, 1.165) is 18.2 Å². The van der Waals surface area contributed by atoms with Crippen LogP contribution in [0.4, 0.5) is 13.2 Å². The molecule has 2 aromatic rings. The summed E-state index contributed by atoms with van der Waals surface area (Å²) in [7, 11) is 0. The Morgan fingerprint density at radius 3 is 2.56 bits per heavy atom.